The summed E-state index contributed by atoms with van der Waals surface area (Å²) in [6.07, 6.45) is 2.18. The lowest BCUT2D eigenvalue weighted by atomic mass is 10.2. The number of hydrogen-bond acceptors (Lipinski definition) is 11. The zero-order valence-corrected chi connectivity index (χ0v) is 21.9. The fourth-order valence-electron chi connectivity index (χ4n) is 3.60. The molecule has 3 rings (SSSR count). The van der Waals surface area contributed by atoms with E-state index in [2.05, 4.69) is 29.9 Å². The van der Waals surface area contributed by atoms with Crippen molar-refractivity contribution >= 4 is 16.0 Å². The van der Waals surface area contributed by atoms with Crippen LogP contribution in [0, 0.1) is 6.92 Å². The monoisotopic (exact) mass is 521 g/mol. The second-order valence-corrected chi connectivity index (χ2v) is 9.98. The predicted octanol–water partition coefficient (Wildman–Crippen LogP) is 1.80. The summed E-state index contributed by atoms with van der Waals surface area (Å²) in [6, 6.07) is 4.69. The van der Waals surface area contributed by atoms with Crippen LogP contribution in [0.1, 0.15) is 30.5 Å². The van der Waals surface area contributed by atoms with E-state index in [0.717, 1.165) is 0 Å². The van der Waals surface area contributed by atoms with Gasteiger partial charge in [-0.25, -0.2) is 13.4 Å². The van der Waals surface area contributed by atoms with Crippen LogP contribution < -0.4 is 9.46 Å². The molecule has 3 aromatic rings. The van der Waals surface area contributed by atoms with E-state index >= 15 is 0 Å². The van der Waals surface area contributed by atoms with Gasteiger partial charge >= 0.3 is 0 Å². The van der Waals surface area contributed by atoms with E-state index in [1.807, 2.05) is 0 Å². The molecular formula is C22H31N7O6S. The van der Waals surface area contributed by atoms with E-state index in [1.165, 1.54) is 41.6 Å². The van der Waals surface area contributed by atoms with Crippen molar-refractivity contribution in [3.8, 4) is 17.4 Å². The quantitative estimate of drug-likeness (QED) is 0.350. The molecule has 0 aliphatic heterocycles. The number of hydrogen-bond donors (Lipinski definition) is 1. The van der Waals surface area contributed by atoms with Gasteiger partial charge in [-0.05, 0) is 19.9 Å². The topological polar surface area (TPSA) is 152 Å². The molecule has 0 unspecified atom stereocenters. The van der Waals surface area contributed by atoms with Gasteiger partial charge in [0.05, 0.1) is 44.0 Å². The summed E-state index contributed by atoms with van der Waals surface area (Å²) in [5.41, 5.74) is 1.53. The van der Waals surface area contributed by atoms with Crippen LogP contribution in [-0.4, -0.2) is 85.0 Å². The van der Waals surface area contributed by atoms with E-state index < -0.39 is 27.4 Å². The molecule has 3 aromatic heterocycles. The van der Waals surface area contributed by atoms with Crippen molar-refractivity contribution in [2.75, 3.05) is 46.4 Å². The van der Waals surface area contributed by atoms with E-state index in [-0.39, 0.29) is 19.2 Å². The van der Waals surface area contributed by atoms with Gasteiger partial charge in [0.1, 0.15) is 17.0 Å². The largest absolute Gasteiger partial charge is 0.481 e. The number of aryl methyl sites for hydroxylation is 1. The van der Waals surface area contributed by atoms with Crippen molar-refractivity contribution in [1.29, 1.82) is 0 Å². The van der Waals surface area contributed by atoms with E-state index in [0.29, 0.717) is 28.8 Å². The standard InChI is InChI=1S/C22H31N7O6S/c1-14-10-24-18(11-23-14)20(35-6)15(2)36(30,31)28-22-27-26-21(17-8-7-9-19(25-17)34-5)29(22)16(12-32-3)13-33-4/h7-11,15-16,20H,12-13H2,1-6H3,(H,27,28)/t15-,20-/m0/s1. The molecule has 0 aliphatic rings. The highest BCUT2D eigenvalue weighted by molar-refractivity contribution is 7.93. The van der Waals surface area contributed by atoms with Crippen LogP contribution in [0.2, 0.25) is 0 Å². The highest BCUT2D eigenvalue weighted by atomic mass is 32.2. The Morgan fingerprint density at radius 1 is 1.03 bits per heavy atom. The summed E-state index contributed by atoms with van der Waals surface area (Å²) in [6.45, 7) is 3.71. The molecule has 0 bridgehead atoms. The Labute approximate surface area is 210 Å². The normalized spacial score (nSPS) is 13.5. The van der Waals surface area contributed by atoms with Gasteiger partial charge in [0.2, 0.25) is 21.9 Å². The summed E-state index contributed by atoms with van der Waals surface area (Å²) >= 11 is 0. The number of ether oxygens (including phenoxy) is 4. The maximum absolute atomic E-state index is 13.5. The van der Waals surface area contributed by atoms with Crippen molar-refractivity contribution in [1.82, 2.24) is 29.7 Å². The Bertz CT molecular complexity index is 1230. The maximum atomic E-state index is 13.5. The van der Waals surface area contributed by atoms with Crippen molar-refractivity contribution < 1.29 is 27.4 Å². The number of aromatic nitrogens is 6. The second kappa shape index (κ2) is 12.2. The third-order valence-corrected chi connectivity index (χ3v) is 7.13. The molecule has 0 saturated heterocycles. The number of pyridine rings is 1. The molecule has 3 heterocycles. The zero-order chi connectivity index (χ0) is 26.3. The van der Waals surface area contributed by atoms with E-state index in [4.69, 9.17) is 18.9 Å². The molecule has 0 aromatic carbocycles. The Morgan fingerprint density at radius 3 is 2.33 bits per heavy atom. The first kappa shape index (κ1) is 27.4. The van der Waals surface area contributed by atoms with Gasteiger partial charge in [-0.15, -0.1) is 10.2 Å². The van der Waals surface area contributed by atoms with Gasteiger partial charge in [0, 0.05) is 33.6 Å². The number of anilines is 1. The molecule has 1 N–H and O–H groups in total. The molecule has 0 spiro atoms. The third kappa shape index (κ3) is 6.13. The van der Waals surface area contributed by atoms with Crippen LogP contribution in [0.15, 0.2) is 30.6 Å². The van der Waals surface area contributed by atoms with Crippen LogP contribution in [0.25, 0.3) is 11.5 Å². The van der Waals surface area contributed by atoms with Crippen LogP contribution in [0.3, 0.4) is 0 Å². The van der Waals surface area contributed by atoms with Crippen molar-refractivity contribution in [3.05, 3.63) is 42.0 Å². The zero-order valence-electron chi connectivity index (χ0n) is 21.1. The third-order valence-electron chi connectivity index (χ3n) is 5.44. The van der Waals surface area contributed by atoms with Crippen molar-refractivity contribution in [3.63, 3.8) is 0 Å². The number of rotatable bonds is 13. The Kier molecular flexibility index (Phi) is 9.25. The van der Waals surface area contributed by atoms with Crippen molar-refractivity contribution in [2.24, 2.45) is 0 Å². The first-order valence-corrected chi connectivity index (χ1v) is 12.6. The van der Waals surface area contributed by atoms with E-state index in [1.54, 1.807) is 35.9 Å². The Hall–Kier alpha value is -3.20. The average molecular weight is 522 g/mol. The summed E-state index contributed by atoms with van der Waals surface area (Å²) in [5.74, 6) is 0.659. The molecule has 13 nitrogen and oxygen atoms in total. The van der Waals surface area contributed by atoms with Crippen LogP contribution >= 0.6 is 0 Å². The molecule has 196 valence electrons. The first-order valence-electron chi connectivity index (χ1n) is 11.0. The molecule has 14 heteroatoms. The van der Waals surface area contributed by atoms with Crippen LogP contribution in [0.4, 0.5) is 5.95 Å². The fourth-order valence-corrected chi connectivity index (χ4v) is 4.76. The minimum absolute atomic E-state index is 0.0228. The highest BCUT2D eigenvalue weighted by Gasteiger charge is 2.34. The molecule has 36 heavy (non-hydrogen) atoms. The molecule has 0 saturated carbocycles. The molecule has 0 radical (unpaired) electrons. The number of nitrogens with one attached hydrogen (secondary N) is 1. The summed E-state index contributed by atoms with van der Waals surface area (Å²) in [7, 11) is 1.95. The molecule has 0 aliphatic carbocycles. The number of nitrogens with zero attached hydrogens (tertiary/aromatic N) is 6. The minimum Gasteiger partial charge on any atom is -0.481 e. The Balaban J connectivity index is 2.03. The van der Waals surface area contributed by atoms with Crippen LogP contribution in [0.5, 0.6) is 5.88 Å². The second-order valence-electron chi connectivity index (χ2n) is 7.94. The Morgan fingerprint density at radius 2 is 1.75 bits per heavy atom. The lowest BCUT2D eigenvalue weighted by molar-refractivity contribution is 0.0908. The lowest BCUT2D eigenvalue weighted by Gasteiger charge is -2.24. The number of sulfonamides is 1. The number of methoxy groups -OCH3 is 4. The highest BCUT2D eigenvalue weighted by Crippen LogP contribution is 2.29. The molecule has 0 amide bonds. The fraction of sp³-hybridized carbons (Fsp3) is 0.500. The van der Waals surface area contributed by atoms with Gasteiger partial charge in [0.15, 0.2) is 5.82 Å². The van der Waals surface area contributed by atoms with Gasteiger partial charge in [-0.2, -0.15) is 0 Å². The molecule has 0 fully saturated rings. The molecular weight excluding hydrogens is 490 g/mol. The predicted molar refractivity (Wildman–Crippen MR) is 131 cm³/mol. The van der Waals surface area contributed by atoms with Crippen molar-refractivity contribution in [2.45, 2.75) is 31.2 Å². The lowest BCUT2D eigenvalue weighted by Crippen LogP contribution is -2.34. The summed E-state index contributed by atoms with van der Waals surface area (Å²) < 4.78 is 52.5. The van der Waals surface area contributed by atoms with Crippen LogP contribution in [-0.2, 0) is 24.2 Å². The SMILES string of the molecule is COCC(COC)n1c(NS(=O)(=O)[C@@H](C)[C@H](OC)c2cnc(C)cn2)nnc1-c1cccc(OC)n1. The maximum Gasteiger partial charge on any atom is 0.240 e. The smallest absolute Gasteiger partial charge is 0.240 e. The van der Waals surface area contributed by atoms with Gasteiger partial charge in [-0.3, -0.25) is 19.3 Å². The average Bonchev–Trinajstić information content (AvgIpc) is 3.28. The molecule has 2 atom stereocenters. The summed E-state index contributed by atoms with van der Waals surface area (Å²) in [5, 5.41) is 7.31. The van der Waals surface area contributed by atoms with Gasteiger partial charge < -0.3 is 18.9 Å². The van der Waals surface area contributed by atoms with E-state index in [9.17, 15) is 8.42 Å². The van der Waals surface area contributed by atoms with Gasteiger partial charge in [0.25, 0.3) is 0 Å². The first-order chi connectivity index (χ1) is 17.2. The summed E-state index contributed by atoms with van der Waals surface area (Å²) in [4.78, 5) is 12.9. The minimum atomic E-state index is -4.04. The van der Waals surface area contributed by atoms with Gasteiger partial charge in [-0.1, -0.05) is 6.07 Å².